The van der Waals surface area contributed by atoms with Crippen molar-refractivity contribution in [2.24, 2.45) is 11.8 Å². The molecule has 0 heterocycles. The molecule has 1 fully saturated rings. The van der Waals surface area contributed by atoms with Crippen molar-refractivity contribution in [1.29, 1.82) is 0 Å². The largest absolute Gasteiger partial charge is 0.481 e. The fraction of sp³-hybridized carbons (Fsp3) is 0.652. The molecule has 0 unspecified atom stereocenters. The Bertz CT molecular complexity index is 511. The van der Waals surface area contributed by atoms with E-state index in [9.17, 15) is 9.59 Å². The Morgan fingerprint density at radius 3 is 1.66 bits per heavy atom. The third-order valence-electron chi connectivity index (χ3n) is 5.00. The van der Waals surface area contributed by atoms with E-state index in [1.54, 1.807) is 30.3 Å². The van der Waals surface area contributed by atoms with E-state index in [-0.39, 0.29) is 0 Å². The molecule has 1 aliphatic rings. The maximum absolute atomic E-state index is 10.2. The monoisotopic (exact) mass is 410 g/mol. The maximum Gasteiger partial charge on any atom is 0.335 e. The van der Waals surface area contributed by atoms with Gasteiger partial charge in [0.2, 0.25) is 0 Å². The second-order valence-electron chi connectivity index (χ2n) is 7.48. The zero-order valence-electron chi connectivity index (χ0n) is 17.6. The quantitative estimate of drug-likeness (QED) is 0.443. The highest BCUT2D eigenvalue weighted by Gasteiger charge is 2.19. The van der Waals surface area contributed by atoms with Crippen molar-refractivity contribution in [1.82, 2.24) is 0 Å². The highest BCUT2D eigenvalue weighted by molar-refractivity contribution is 5.87. The number of rotatable bonds is 9. The first kappa shape index (κ1) is 27.1. The number of aromatic carboxylic acids is 1. The summed E-state index contributed by atoms with van der Waals surface area (Å²) in [7, 11) is 0. The normalized spacial score (nSPS) is 17.9. The van der Waals surface area contributed by atoms with Crippen LogP contribution in [0.4, 0.5) is 0 Å². The molecule has 0 spiro atoms. The molecule has 0 saturated heterocycles. The van der Waals surface area contributed by atoms with E-state index < -0.39 is 11.9 Å². The lowest BCUT2D eigenvalue weighted by molar-refractivity contribution is -0.137. The van der Waals surface area contributed by atoms with Gasteiger partial charge in [0.1, 0.15) is 0 Å². The van der Waals surface area contributed by atoms with Crippen molar-refractivity contribution < 1.29 is 30.0 Å². The van der Waals surface area contributed by atoms with Gasteiger partial charge in [-0.3, -0.25) is 4.79 Å². The van der Waals surface area contributed by atoms with E-state index in [1.807, 2.05) is 0 Å². The smallest absolute Gasteiger partial charge is 0.335 e. The van der Waals surface area contributed by atoms with E-state index >= 15 is 0 Å². The second kappa shape index (κ2) is 18.1. The summed E-state index contributed by atoms with van der Waals surface area (Å²) in [5.74, 6) is -0.516. The third-order valence-corrected chi connectivity index (χ3v) is 5.00. The van der Waals surface area contributed by atoms with Crippen molar-refractivity contribution in [3.63, 3.8) is 0 Å². The van der Waals surface area contributed by atoms with Crippen molar-refractivity contribution in [3.05, 3.63) is 35.9 Å². The number of aliphatic hydroxyl groups is 2. The Kier molecular flexibility index (Phi) is 16.9. The number of benzene rings is 1. The molecule has 1 aromatic carbocycles. The Morgan fingerprint density at radius 1 is 0.828 bits per heavy atom. The van der Waals surface area contributed by atoms with Crippen LogP contribution in [-0.2, 0) is 4.79 Å². The fourth-order valence-electron chi connectivity index (χ4n) is 3.06. The topological polar surface area (TPSA) is 115 Å². The number of carbonyl (C=O) groups is 2. The van der Waals surface area contributed by atoms with Gasteiger partial charge in [0.15, 0.2) is 0 Å². The van der Waals surface area contributed by atoms with E-state index in [2.05, 4.69) is 6.92 Å². The second-order valence-corrected chi connectivity index (χ2v) is 7.48. The third kappa shape index (κ3) is 15.7. The van der Waals surface area contributed by atoms with Gasteiger partial charge in [-0.2, -0.15) is 0 Å². The van der Waals surface area contributed by atoms with Crippen molar-refractivity contribution >= 4 is 11.9 Å². The number of aliphatic carboxylic acids is 1. The van der Waals surface area contributed by atoms with Crippen LogP contribution in [-0.4, -0.2) is 45.6 Å². The molecular formula is C23H38O6. The average Bonchev–Trinajstić information content (AvgIpc) is 2.75. The molecule has 0 bridgehead atoms. The molecule has 0 atom stereocenters. The van der Waals surface area contributed by atoms with Gasteiger partial charge in [-0.05, 0) is 56.1 Å². The van der Waals surface area contributed by atoms with Gasteiger partial charge < -0.3 is 20.4 Å². The van der Waals surface area contributed by atoms with Gasteiger partial charge in [-0.1, -0.05) is 50.8 Å². The van der Waals surface area contributed by atoms with Crippen LogP contribution in [0.3, 0.4) is 0 Å². The molecule has 1 aromatic rings. The van der Waals surface area contributed by atoms with Crippen LogP contribution in [0.15, 0.2) is 30.3 Å². The highest BCUT2D eigenvalue weighted by atomic mass is 16.4. The lowest BCUT2D eigenvalue weighted by Crippen LogP contribution is -2.19. The van der Waals surface area contributed by atoms with Crippen molar-refractivity contribution in [3.8, 4) is 0 Å². The summed E-state index contributed by atoms with van der Waals surface area (Å²) >= 11 is 0. The summed E-state index contributed by atoms with van der Waals surface area (Å²) in [5, 5.41) is 34.2. The van der Waals surface area contributed by atoms with E-state index in [4.69, 9.17) is 20.4 Å². The van der Waals surface area contributed by atoms with Crippen molar-refractivity contribution in [2.75, 3.05) is 13.2 Å². The molecule has 29 heavy (non-hydrogen) atoms. The first-order valence-corrected chi connectivity index (χ1v) is 10.7. The summed E-state index contributed by atoms with van der Waals surface area (Å²) in [6.45, 7) is 2.81. The molecule has 166 valence electrons. The predicted octanol–water partition coefficient (Wildman–Crippen LogP) is 4.59. The lowest BCUT2D eigenvalue weighted by Gasteiger charge is -2.25. The van der Waals surface area contributed by atoms with Crippen LogP contribution >= 0.6 is 0 Å². The van der Waals surface area contributed by atoms with Gasteiger partial charge in [-0.15, -0.1) is 0 Å². The fourth-order valence-corrected chi connectivity index (χ4v) is 3.06. The number of carboxylic acids is 2. The van der Waals surface area contributed by atoms with Crippen LogP contribution in [0.1, 0.15) is 81.5 Å². The van der Waals surface area contributed by atoms with Crippen LogP contribution in [0.5, 0.6) is 0 Å². The predicted molar refractivity (Wildman–Crippen MR) is 114 cm³/mol. The summed E-state index contributed by atoms with van der Waals surface area (Å²) in [6, 6.07) is 8.30. The van der Waals surface area contributed by atoms with Gasteiger partial charge in [0.25, 0.3) is 0 Å². The first-order valence-electron chi connectivity index (χ1n) is 10.7. The van der Waals surface area contributed by atoms with E-state index in [0.29, 0.717) is 37.0 Å². The van der Waals surface area contributed by atoms with Gasteiger partial charge >= 0.3 is 11.9 Å². The Balaban J connectivity index is 0.000000406. The molecule has 6 heteroatoms. The summed E-state index contributed by atoms with van der Waals surface area (Å²) < 4.78 is 0. The zero-order valence-corrected chi connectivity index (χ0v) is 17.6. The van der Waals surface area contributed by atoms with Crippen molar-refractivity contribution in [2.45, 2.75) is 71.1 Å². The minimum atomic E-state index is -0.879. The minimum absolute atomic E-state index is 0.331. The summed E-state index contributed by atoms with van der Waals surface area (Å²) in [5.41, 5.74) is 0.331. The van der Waals surface area contributed by atoms with Gasteiger partial charge in [0.05, 0.1) is 5.56 Å². The molecule has 0 amide bonds. The molecule has 0 aliphatic heterocycles. The van der Waals surface area contributed by atoms with Crippen LogP contribution in [0.2, 0.25) is 0 Å². The highest BCUT2D eigenvalue weighted by Crippen LogP contribution is 2.27. The van der Waals surface area contributed by atoms with Crippen LogP contribution < -0.4 is 0 Å². The Labute approximate surface area is 174 Å². The number of hydrogen-bond donors (Lipinski definition) is 4. The zero-order chi connectivity index (χ0) is 21.9. The number of hydrogen-bond acceptors (Lipinski definition) is 4. The molecule has 0 aromatic heterocycles. The lowest BCUT2D eigenvalue weighted by atomic mass is 9.83. The standard InChI is InChI=1S/2C8H16O2.C7H6O2/c9-5-7-1-2-8(6-10)4-3-7;1-2-3-4-5-6-7-8(9)10;8-7(9)6-4-2-1-3-5-6/h7-10H,1-6H2;2-7H2,1H3,(H,9,10);1-5H,(H,8,9). The minimum Gasteiger partial charge on any atom is -0.481 e. The first-order chi connectivity index (χ1) is 13.9. The Hall–Kier alpha value is -1.92. The SMILES string of the molecule is CCCCCCCC(=O)O.O=C(O)c1ccccc1.OCC1CCC(CO)CC1. The van der Waals surface area contributed by atoms with Gasteiger partial charge in [0, 0.05) is 19.6 Å². The maximum atomic E-state index is 10.2. The van der Waals surface area contributed by atoms with E-state index in [0.717, 1.165) is 38.5 Å². The summed E-state index contributed by atoms with van der Waals surface area (Å²) in [6.07, 6.45) is 10.3. The number of aliphatic hydroxyl groups excluding tert-OH is 2. The molecule has 6 nitrogen and oxygen atoms in total. The molecule has 0 radical (unpaired) electrons. The molecule has 1 saturated carbocycles. The molecule has 2 rings (SSSR count). The van der Waals surface area contributed by atoms with E-state index in [1.165, 1.54) is 19.3 Å². The Morgan fingerprint density at radius 2 is 1.31 bits per heavy atom. The molecular weight excluding hydrogens is 372 g/mol. The number of carboxylic acid groups (broad SMARTS) is 2. The van der Waals surface area contributed by atoms with Gasteiger partial charge in [-0.25, -0.2) is 4.79 Å². The molecule has 1 aliphatic carbocycles. The molecule has 4 N–H and O–H groups in total. The van der Waals surface area contributed by atoms with Crippen LogP contribution in [0.25, 0.3) is 0 Å². The average molecular weight is 411 g/mol. The van der Waals surface area contributed by atoms with Crippen LogP contribution in [0, 0.1) is 11.8 Å². The summed E-state index contributed by atoms with van der Waals surface area (Å²) in [4.78, 5) is 20.2. The number of unbranched alkanes of at least 4 members (excludes halogenated alkanes) is 4.